The van der Waals surface area contributed by atoms with Crippen molar-refractivity contribution in [3.63, 3.8) is 0 Å². The number of hydrogen-bond donors (Lipinski definition) is 1. The third kappa shape index (κ3) is 4.38. The van der Waals surface area contributed by atoms with E-state index in [1.165, 1.54) is 29.2 Å². The molecule has 2 aromatic carbocycles. The topological polar surface area (TPSA) is 96.3 Å². The van der Waals surface area contributed by atoms with Gasteiger partial charge in [0.05, 0.1) is 22.0 Å². The maximum Gasteiger partial charge on any atom is 0.466 e. The van der Waals surface area contributed by atoms with E-state index in [9.17, 15) is 17.6 Å². The average Bonchev–Trinajstić information content (AvgIpc) is 2.58. The molecule has 11 heteroatoms. The Labute approximate surface area is 163 Å². The third-order valence-corrected chi connectivity index (χ3v) is 4.59. The van der Waals surface area contributed by atoms with Crippen LogP contribution in [0.3, 0.4) is 0 Å². The Balaban J connectivity index is 2.03. The van der Waals surface area contributed by atoms with E-state index in [0.29, 0.717) is 5.02 Å². The van der Waals surface area contributed by atoms with Gasteiger partial charge >= 0.3 is 10.4 Å². The average molecular weight is 433 g/mol. The molecule has 3 rings (SSSR count). The number of oxime groups is 1. The first-order valence-electron chi connectivity index (χ1n) is 7.45. The number of fused-ring (bicyclic) bond motifs is 1. The lowest BCUT2D eigenvalue weighted by molar-refractivity contribution is 0.0987. The van der Waals surface area contributed by atoms with E-state index >= 15 is 0 Å². The van der Waals surface area contributed by atoms with Crippen molar-refractivity contribution in [3.05, 3.63) is 63.4 Å². The predicted octanol–water partition coefficient (Wildman–Crippen LogP) is 3.71. The van der Waals surface area contributed by atoms with Crippen LogP contribution in [0.15, 0.2) is 41.6 Å². The van der Waals surface area contributed by atoms with Crippen molar-refractivity contribution in [1.82, 2.24) is 0 Å². The van der Waals surface area contributed by atoms with E-state index in [2.05, 4.69) is 9.44 Å². The number of halogens is 3. The van der Waals surface area contributed by atoms with Crippen LogP contribution in [-0.2, 0) is 14.7 Å². The second kappa shape index (κ2) is 7.43. The van der Waals surface area contributed by atoms with Gasteiger partial charge in [-0.15, -0.1) is 0 Å². The zero-order valence-corrected chi connectivity index (χ0v) is 15.7. The molecule has 0 atom stereocenters. The van der Waals surface area contributed by atoms with Crippen molar-refractivity contribution in [3.8, 4) is 0 Å². The zero-order chi connectivity index (χ0) is 19.8. The smallest absolute Gasteiger partial charge is 0.307 e. The van der Waals surface area contributed by atoms with Gasteiger partial charge in [-0.1, -0.05) is 28.4 Å². The van der Waals surface area contributed by atoms with Crippen LogP contribution in [-0.4, -0.2) is 31.1 Å². The van der Waals surface area contributed by atoms with Gasteiger partial charge in [-0.3, -0.25) is 9.35 Å². The van der Waals surface area contributed by atoms with Crippen LogP contribution in [0.5, 0.6) is 0 Å². The minimum atomic E-state index is -4.79. The van der Waals surface area contributed by atoms with Gasteiger partial charge in [-0.05, 0) is 36.4 Å². The molecule has 0 bridgehead atoms. The summed E-state index contributed by atoms with van der Waals surface area (Å²) in [5.74, 6) is -1.09. The zero-order valence-electron chi connectivity index (χ0n) is 13.4. The molecule has 142 valence electrons. The van der Waals surface area contributed by atoms with E-state index in [-0.39, 0.29) is 40.5 Å². The Hall–Kier alpha value is -2.20. The molecule has 0 unspecified atom stereocenters. The standard InChI is InChI=1S/C16H11Cl2FN2O5S/c17-9-1-3-11(13(18)7-9)16(22)21-6-5-14(20-26-27(23,24)25)12-4-2-10(19)8-15(12)21/h1-4,7-8H,5-6H2,(H,23,24,25)/b20-14+. The summed E-state index contributed by atoms with van der Waals surface area (Å²) in [6.07, 6.45) is 0.102. The maximum atomic E-state index is 13.8. The molecular formula is C16H11Cl2FN2O5S. The van der Waals surface area contributed by atoms with Crippen molar-refractivity contribution in [2.75, 3.05) is 11.4 Å². The molecule has 0 aromatic heterocycles. The van der Waals surface area contributed by atoms with Crippen molar-refractivity contribution in [2.24, 2.45) is 5.16 Å². The molecule has 0 saturated carbocycles. The lowest BCUT2D eigenvalue weighted by atomic mass is 9.98. The summed E-state index contributed by atoms with van der Waals surface area (Å²) in [5, 5.41) is 3.89. The van der Waals surface area contributed by atoms with Gasteiger partial charge in [0.1, 0.15) is 5.82 Å². The number of nitrogens with zero attached hydrogens (tertiary/aromatic N) is 2. The normalized spacial score (nSPS) is 15.6. The molecule has 0 aliphatic carbocycles. The van der Waals surface area contributed by atoms with Gasteiger partial charge < -0.3 is 4.90 Å². The first kappa shape index (κ1) is 19.6. The number of benzene rings is 2. The quantitative estimate of drug-likeness (QED) is 0.588. The van der Waals surface area contributed by atoms with Crippen molar-refractivity contribution >= 4 is 50.9 Å². The maximum absolute atomic E-state index is 13.8. The second-order valence-corrected chi connectivity index (χ2v) is 7.38. The van der Waals surface area contributed by atoms with Gasteiger partial charge in [0, 0.05) is 23.6 Å². The molecule has 1 N–H and O–H groups in total. The fourth-order valence-corrected chi connectivity index (χ4v) is 3.32. The highest BCUT2D eigenvalue weighted by Gasteiger charge is 2.29. The van der Waals surface area contributed by atoms with Crippen molar-refractivity contribution < 1.29 is 26.4 Å². The summed E-state index contributed by atoms with van der Waals surface area (Å²) in [5.41, 5.74) is 0.749. The molecule has 0 fully saturated rings. The summed E-state index contributed by atoms with van der Waals surface area (Å²) in [6, 6.07) is 7.95. The van der Waals surface area contributed by atoms with Crippen LogP contribution in [0.4, 0.5) is 10.1 Å². The van der Waals surface area contributed by atoms with Crippen LogP contribution < -0.4 is 4.90 Å². The van der Waals surface area contributed by atoms with E-state index < -0.39 is 22.1 Å². The molecule has 0 spiro atoms. The highest BCUT2D eigenvalue weighted by atomic mass is 35.5. The SMILES string of the molecule is O=C(c1ccc(Cl)cc1Cl)N1CC/C(=N\OS(=O)(=O)O)c2ccc(F)cc21. The summed E-state index contributed by atoms with van der Waals surface area (Å²) in [7, 11) is -4.79. The van der Waals surface area contributed by atoms with Crippen molar-refractivity contribution in [1.29, 1.82) is 0 Å². The van der Waals surface area contributed by atoms with E-state index in [1.54, 1.807) is 0 Å². The molecule has 1 aliphatic rings. The molecule has 7 nitrogen and oxygen atoms in total. The van der Waals surface area contributed by atoms with Crippen LogP contribution in [0.1, 0.15) is 22.3 Å². The van der Waals surface area contributed by atoms with E-state index in [0.717, 1.165) is 12.1 Å². The second-order valence-electron chi connectivity index (χ2n) is 5.53. The number of carbonyl (C=O) groups excluding carboxylic acids is 1. The summed E-state index contributed by atoms with van der Waals surface area (Å²) in [4.78, 5) is 14.2. The molecule has 0 saturated heterocycles. The fraction of sp³-hybridized carbons (Fsp3) is 0.125. The third-order valence-electron chi connectivity index (χ3n) is 3.78. The monoisotopic (exact) mass is 432 g/mol. The summed E-state index contributed by atoms with van der Waals surface area (Å²) >= 11 is 11.9. The van der Waals surface area contributed by atoms with Crippen LogP contribution >= 0.6 is 23.2 Å². The van der Waals surface area contributed by atoms with Gasteiger partial charge in [0.15, 0.2) is 0 Å². The van der Waals surface area contributed by atoms with Crippen LogP contribution in [0, 0.1) is 5.82 Å². The van der Waals surface area contributed by atoms with Gasteiger partial charge in [-0.2, -0.15) is 8.42 Å². The number of amides is 1. The first-order chi connectivity index (χ1) is 12.7. The highest BCUT2D eigenvalue weighted by Crippen LogP contribution is 2.32. The van der Waals surface area contributed by atoms with Crippen molar-refractivity contribution in [2.45, 2.75) is 6.42 Å². The molecule has 1 aliphatic heterocycles. The van der Waals surface area contributed by atoms with E-state index in [1.807, 2.05) is 0 Å². The molecule has 1 heterocycles. The van der Waals surface area contributed by atoms with Gasteiger partial charge in [-0.25, -0.2) is 8.67 Å². The van der Waals surface area contributed by atoms with Gasteiger partial charge in [0.2, 0.25) is 0 Å². The Bertz CT molecular complexity index is 1060. The van der Waals surface area contributed by atoms with Gasteiger partial charge in [0.25, 0.3) is 5.91 Å². The molecule has 1 amide bonds. The predicted molar refractivity (Wildman–Crippen MR) is 98.3 cm³/mol. The molecule has 0 radical (unpaired) electrons. The number of carbonyl (C=O) groups is 1. The summed E-state index contributed by atoms with van der Waals surface area (Å²) < 4.78 is 48.0. The Morgan fingerprint density at radius 2 is 1.96 bits per heavy atom. The fourth-order valence-electron chi connectivity index (χ4n) is 2.65. The Kier molecular flexibility index (Phi) is 5.38. The molecular weight excluding hydrogens is 422 g/mol. The van der Waals surface area contributed by atoms with E-state index in [4.69, 9.17) is 27.8 Å². The minimum Gasteiger partial charge on any atom is -0.307 e. The summed E-state index contributed by atoms with van der Waals surface area (Å²) in [6.45, 7) is 0.0575. The number of hydrogen-bond acceptors (Lipinski definition) is 5. The molecule has 2 aromatic rings. The number of anilines is 1. The lowest BCUT2D eigenvalue weighted by Gasteiger charge is -2.30. The highest BCUT2D eigenvalue weighted by molar-refractivity contribution is 7.80. The Morgan fingerprint density at radius 3 is 2.63 bits per heavy atom. The Morgan fingerprint density at radius 1 is 1.22 bits per heavy atom. The van der Waals surface area contributed by atoms with Crippen LogP contribution in [0.2, 0.25) is 10.0 Å². The lowest BCUT2D eigenvalue weighted by Crippen LogP contribution is -2.38. The first-order valence-corrected chi connectivity index (χ1v) is 9.57. The number of rotatable bonds is 3. The molecule has 27 heavy (non-hydrogen) atoms. The largest absolute Gasteiger partial charge is 0.466 e. The van der Waals surface area contributed by atoms with Crippen LogP contribution in [0.25, 0.3) is 0 Å². The minimum absolute atomic E-state index is 0.0575.